The van der Waals surface area contributed by atoms with E-state index in [-0.39, 0.29) is 29.7 Å². The van der Waals surface area contributed by atoms with Crippen LogP contribution < -0.4 is 15.1 Å². The number of benzene rings is 1. The van der Waals surface area contributed by atoms with E-state index in [1.165, 1.54) is 0 Å². The van der Waals surface area contributed by atoms with Gasteiger partial charge in [0.2, 0.25) is 0 Å². The lowest BCUT2D eigenvalue weighted by molar-refractivity contribution is -0.139. The molecule has 1 saturated heterocycles. The minimum atomic E-state index is -1.19. The maximum atomic E-state index is 11.6. The second-order valence-corrected chi connectivity index (χ2v) is 6.25. The Balaban J connectivity index is 1.69. The molecule has 0 aliphatic carbocycles. The number of hydrogen-bond acceptors (Lipinski definition) is 7. The van der Waals surface area contributed by atoms with Crippen molar-refractivity contribution >= 4 is 19.1 Å². The van der Waals surface area contributed by atoms with E-state index in [9.17, 15) is 19.7 Å². The van der Waals surface area contributed by atoms with Crippen LogP contribution in [0, 0.1) is 0 Å². The van der Waals surface area contributed by atoms with Crippen LogP contribution in [0.3, 0.4) is 0 Å². The predicted octanol–water partition coefficient (Wildman–Crippen LogP) is -0.725. The van der Waals surface area contributed by atoms with Crippen LogP contribution in [-0.2, 0) is 11.2 Å². The molecule has 10 heteroatoms. The molecule has 3 rings (SSSR count). The summed E-state index contributed by atoms with van der Waals surface area (Å²) in [4.78, 5) is 24.2. The highest BCUT2D eigenvalue weighted by Crippen LogP contribution is 2.37. The number of carbonyl (C=O) groups is 2. The smallest absolute Gasteiger partial charge is 0.522 e. The Bertz CT molecular complexity index is 693. The lowest BCUT2D eigenvalue weighted by Gasteiger charge is -2.40. The molecule has 1 aromatic carbocycles. The third kappa shape index (κ3) is 3.70. The lowest BCUT2D eigenvalue weighted by Crippen LogP contribution is -2.58. The molecule has 5 N–H and O–H groups in total. The summed E-state index contributed by atoms with van der Waals surface area (Å²) in [7, 11) is -1.03. The lowest BCUT2D eigenvalue weighted by atomic mass is 9.78. The Morgan fingerprint density at radius 3 is 2.76 bits per heavy atom. The summed E-state index contributed by atoms with van der Waals surface area (Å²) in [5, 5.41) is 27.9. The van der Waals surface area contributed by atoms with Crippen molar-refractivity contribution in [3.63, 3.8) is 0 Å². The minimum absolute atomic E-state index is 0.100. The molecular formula is C15H19BN2O7. The van der Waals surface area contributed by atoms with Gasteiger partial charge in [0.15, 0.2) is 0 Å². The molecule has 25 heavy (non-hydrogen) atoms. The molecule has 9 nitrogen and oxygen atoms in total. The van der Waals surface area contributed by atoms with E-state index < -0.39 is 25.1 Å². The van der Waals surface area contributed by atoms with Gasteiger partial charge in [0.25, 0.3) is 0 Å². The topological polar surface area (TPSA) is 143 Å². The second-order valence-electron chi connectivity index (χ2n) is 6.25. The van der Waals surface area contributed by atoms with Crippen molar-refractivity contribution in [1.29, 1.82) is 0 Å². The number of ether oxygens (including phenoxy) is 1. The van der Waals surface area contributed by atoms with Crippen molar-refractivity contribution in [3.8, 4) is 11.5 Å². The molecular weight excluding hydrogens is 331 g/mol. The van der Waals surface area contributed by atoms with Gasteiger partial charge >= 0.3 is 19.1 Å². The van der Waals surface area contributed by atoms with Gasteiger partial charge in [-0.05, 0) is 24.4 Å². The van der Waals surface area contributed by atoms with E-state index in [1.807, 2.05) is 4.90 Å². The SMILES string of the molecule is NC(CN1CC(Oc2ccc3c(c2C(=O)O)OB(O)CC3)C1)C(=O)O. The van der Waals surface area contributed by atoms with Gasteiger partial charge in [-0.15, -0.1) is 0 Å². The summed E-state index contributed by atoms with van der Waals surface area (Å²) in [6.07, 6.45) is 0.681. The first-order chi connectivity index (χ1) is 11.8. The molecule has 0 bridgehead atoms. The van der Waals surface area contributed by atoms with Crippen molar-refractivity contribution < 1.29 is 34.2 Å². The van der Waals surface area contributed by atoms with Crippen LogP contribution in [0.4, 0.5) is 0 Å². The Kier molecular flexibility index (Phi) is 4.84. The maximum Gasteiger partial charge on any atom is 0.522 e. The Hall–Kier alpha value is -2.30. The van der Waals surface area contributed by atoms with Crippen molar-refractivity contribution in [1.82, 2.24) is 4.90 Å². The van der Waals surface area contributed by atoms with Gasteiger partial charge in [-0.25, -0.2) is 4.79 Å². The van der Waals surface area contributed by atoms with Gasteiger partial charge < -0.3 is 30.4 Å². The predicted molar refractivity (Wildman–Crippen MR) is 87.0 cm³/mol. The van der Waals surface area contributed by atoms with Crippen LogP contribution in [0.15, 0.2) is 12.1 Å². The summed E-state index contributed by atoms with van der Waals surface area (Å²) in [5.74, 6) is -1.94. The molecule has 0 saturated carbocycles. The zero-order valence-electron chi connectivity index (χ0n) is 13.4. The average molecular weight is 350 g/mol. The van der Waals surface area contributed by atoms with Crippen LogP contribution in [0.25, 0.3) is 0 Å². The first kappa shape index (κ1) is 17.5. The number of fused-ring (bicyclic) bond motifs is 1. The fraction of sp³-hybridized carbons (Fsp3) is 0.467. The molecule has 0 spiro atoms. The summed E-state index contributed by atoms with van der Waals surface area (Å²) in [5.41, 5.74) is 6.10. The average Bonchev–Trinajstić information content (AvgIpc) is 2.51. The molecule has 134 valence electrons. The third-order valence-corrected chi connectivity index (χ3v) is 4.32. The van der Waals surface area contributed by atoms with Crippen LogP contribution in [0.5, 0.6) is 11.5 Å². The summed E-state index contributed by atoms with van der Waals surface area (Å²) < 4.78 is 11.0. The number of likely N-dealkylation sites (tertiary alicyclic amines) is 1. The number of nitrogens with two attached hydrogens (primary N) is 1. The molecule has 2 aliphatic rings. The van der Waals surface area contributed by atoms with E-state index in [2.05, 4.69) is 0 Å². The van der Waals surface area contributed by atoms with E-state index in [4.69, 9.17) is 20.2 Å². The fourth-order valence-electron chi connectivity index (χ4n) is 3.00. The standard InChI is InChI=1S/C15H19BN2O7/c17-10(14(19)20)7-18-5-9(6-18)24-11-2-1-8-3-4-16(23)25-13(8)12(11)15(21)22/h1-2,9-10,23H,3-7,17H2,(H,19,20)(H,21,22). The Labute approximate surface area is 144 Å². The van der Waals surface area contributed by atoms with Crippen molar-refractivity contribution in [2.75, 3.05) is 19.6 Å². The van der Waals surface area contributed by atoms with E-state index >= 15 is 0 Å². The van der Waals surface area contributed by atoms with E-state index in [1.54, 1.807) is 12.1 Å². The van der Waals surface area contributed by atoms with Gasteiger partial charge in [0.1, 0.15) is 29.2 Å². The quantitative estimate of drug-likeness (QED) is 0.489. The summed E-state index contributed by atoms with van der Waals surface area (Å²) in [6.45, 7) is 1.13. The van der Waals surface area contributed by atoms with Crippen molar-refractivity contribution in [2.24, 2.45) is 5.73 Å². The number of rotatable bonds is 6. The molecule has 1 fully saturated rings. The maximum absolute atomic E-state index is 11.6. The highest BCUT2D eigenvalue weighted by Gasteiger charge is 2.34. The number of hydrogen-bond donors (Lipinski definition) is 4. The number of carboxylic acid groups (broad SMARTS) is 2. The molecule has 2 aliphatic heterocycles. The number of aliphatic carboxylic acids is 1. The molecule has 0 radical (unpaired) electrons. The number of nitrogens with zero attached hydrogens (tertiary/aromatic N) is 1. The highest BCUT2D eigenvalue weighted by atomic mass is 16.5. The molecule has 1 aromatic rings. The third-order valence-electron chi connectivity index (χ3n) is 4.32. The summed E-state index contributed by atoms with van der Waals surface area (Å²) in [6, 6.07) is 2.36. The van der Waals surface area contributed by atoms with Gasteiger partial charge in [-0.1, -0.05) is 6.07 Å². The van der Waals surface area contributed by atoms with Gasteiger partial charge in [-0.3, -0.25) is 9.69 Å². The normalized spacial score (nSPS) is 18.7. The number of aromatic carboxylic acids is 1. The number of aryl methyl sites for hydroxylation is 1. The second kappa shape index (κ2) is 6.91. The first-order valence-corrected chi connectivity index (χ1v) is 7.96. The van der Waals surface area contributed by atoms with E-state index in [0.717, 1.165) is 5.56 Å². The zero-order chi connectivity index (χ0) is 18.1. The van der Waals surface area contributed by atoms with Crippen molar-refractivity contribution in [3.05, 3.63) is 23.3 Å². The van der Waals surface area contributed by atoms with Crippen LogP contribution in [0.2, 0.25) is 6.32 Å². The largest absolute Gasteiger partial charge is 0.535 e. The Morgan fingerprint density at radius 2 is 2.12 bits per heavy atom. The monoisotopic (exact) mass is 350 g/mol. The van der Waals surface area contributed by atoms with Crippen LogP contribution in [-0.4, -0.2) is 71.0 Å². The first-order valence-electron chi connectivity index (χ1n) is 7.96. The molecule has 0 amide bonds. The van der Waals surface area contributed by atoms with Crippen molar-refractivity contribution in [2.45, 2.75) is 24.9 Å². The van der Waals surface area contributed by atoms with E-state index in [0.29, 0.717) is 25.8 Å². The molecule has 1 atom stereocenters. The number of carboxylic acids is 2. The van der Waals surface area contributed by atoms with Crippen LogP contribution >= 0.6 is 0 Å². The Morgan fingerprint density at radius 1 is 1.40 bits per heavy atom. The van der Waals surface area contributed by atoms with Crippen LogP contribution in [0.1, 0.15) is 15.9 Å². The van der Waals surface area contributed by atoms with Gasteiger partial charge in [-0.2, -0.15) is 0 Å². The van der Waals surface area contributed by atoms with Gasteiger partial charge in [0, 0.05) is 19.6 Å². The zero-order valence-corrected chi connectivity index (χ0v) is 13.4. The van der Waals surface area contributed by atoms with Gasteiger partial charge in [0.05, 0.1) is 0 Å². The molecule has 0 aromatic heterocycles. The summed E-state index contributed by atoms with van der Waals surface area (Å²) >= 11 is 0. The molecule has 2 heterocycles. The fourth-order valence-corrected chi connectivity index (χ4v) is 3.00. The highest BCUT2D eigenvalue weighted by molar-refractivity contribution is 6.44. The molecule has 1 unspecified atom stereocenters. The minimum Gasteiger partial charge on any atom is -0.535 e.